The second kappa shape index (κ2) is 8.48. The fraction of sp³-hybridized carbons (Fsp3) is 0.360. The normalized spacial score (nSPS) is 15.9. The quantitative estimate of drug-likeness (QED) is 0.546. The zero-order chi connectivity index (χ0) is 22.3. The molecule has 1 aliphatic rings. The van der Waals surface area contributed by atoms with Gasteiger partial charge in [0.2, 0.25) is 5.76 Å². The Morgan fingerprint density at radius 1 is 1.06 bits per heavy atom. The minimum atomic E-state index is -0.473. The summed E-state index contributed by atoms with van der Waals surface area (Å²) in [7, 11) is 0. The number of carbonyl (C=O) groups is 1. The van der Waals surface area contributed by atoms with Crippen LogP contribution in [-0.4, -0.2) is 41.9 Å². The first kappa shape index (κ1) is 21.6. The van der Waals surface area contributed by atoms with E-state index in [4.69, 9.17) is 16.0 Å². The Labute approximate surface area is 187 Å². The molecule has 0 unspecified atom stereocenters. The third-order valence-electron chi connectivity index (χ3n) is 6.19. The number of rotatable bonds is 6. The molecular formula is C25H27ClN2O3. The summed E-state index contributed by atoms with van der Waals surface area (Å²) in [6, 6.07) is 10.9. The molecular weight excluding hydrogens is 412 g/mol. The predicted molar refractivity (Wildman–Crippen MR) is 124 cm³/mol. The number of hydrogen-bond acceptors (Lipinski definition) is 4. The molecule has 162 valence electrons. The molecule has 2 aromatic carbocycles. The summed E-state index contributed by atoms with van der Waals surface area (Å²) in [5, 5.41) is 0.916. The third-order valence-corrected chi connectivity index (χ3v) is 6.60. The topological polar surface area (TPSA) is 53.8 Å². The minimum absolute atomic E-state index is 0.143. The first-order valence-corrected chi connectivity index (χ1v) is 11.1. The molecule has 1 amide bonds. The number of fused-ring (bicyclic) bond motifs is 2. The third kappa shape index (κ3) is 3.77. The second-order valence-corrected chi connectivity index (χ2v) is 8.52. The van der Waals surface area contributed by atoms with Gasteiger partial charge in [0.1, 0.15) is 5.58 Å². The van der Waals surface area contributed by atoms with Crippen LogP contribution in [0.15, 0.2) is 45.6 Å². The molecule has 4 rings (SSSR count). The van der Waals surface area contributed by atoms with E-state index < -0.39 is 6.04 Å². The summed E-state index contributed by atoms with van der Waals surface area (Å²) in [6.07, 6.45) is 0. The van der Waals surface area contributed by atoms with Crippen LogP contribution in [-0.2, 0) is 0 Å². The minimum Gasteiger partial charge on any atom is -0.450 e. The predicted octanol–water partition coefficient (Wildman–Crippen LogP) is 4.95. The largest absolute Gasteiger partial charge is 0.450 e. The molecule has 0 fully saturated rings. The van der Waals surface area contributed by atoms with Gasteiger partial charge in [-0.25, -0.2) is 0 Å². The zero-order valence-corrected chi connectivity index (χ0v) is 19.1. The molecule has 0 saturated carbocycles. The molecule has 5 nitrogen and oxygen atoms in total. The average Bonchev–Trinajstić information content (AvgIpc) is 3.03. The molecule has 0 saturated heterocycles. The Bertz CT molecular complexity index is 1200. The summed E-state index contributed by atoms with van der Waals surface area (Å²) in [6.45, 7) is 11.1. The Morgan fingerprint density at radius 2 is 1.74 bits per heavy atom. The summed E-state index contributed by atoms with van der Waals surface area (Å²) in [5.41, 5.74) is 3.43. The van der Waals surface area contributed by atoms with Gasteiger partial charge in [0.25, 0.3) is 5.91 Å². The van der Waals surface area contributed by atoms with Gasteiger partial charge in [-0.3, -0.25) is 9.59 Å². The molecule has 2 heterocycles. The maximum atomic E-state index is 13.6. The first-order chi connectivity index (χ1) is 14.8. The van der Waals surface area contributed by atoms with Gasteiger partial charge < -0.3 is 14.2 Å². The lowest BCUT2D eigenvalue weighted by atomic mass is 9.97. The highest BCUT2D eigenvalue weighted by atomic mass is 35.5. The van der Waals surface area contributed by atoms with Crippen molar-refractivity contribution in [3.05, 3.63) is 79.7 Å². The van der Waals surface area contributed by atoms with Gasteiger partial charge in [-0.1, -0.05) is 55.3 Å². The number of carbonyl (C=O) groups excluding carboxylic acids is 1. The smallest absolute Gasteiger partial charge is 0.290 e. The molecule has 1 atom stereocenters. The standard InChI is InChI=1S/C25H27ClN2O3/c1-5-27(6-2)11-12-28-22(17-9-7-15(3)8-10-17)21-23(29)18-14-19(26)16(4)13-20(18)31-24(21)25(28)30/h7-10,13-14,22H,5-6,11-12H2,1-4H3/t22-/m1/s1. The fourth-order valence-corrected chi connectivity index (χ4v) is 4.42. The lowest BCUT2D eigenvalue weighted by Gasteiger charge is -2.28. The summed E-state index contributed by atoms with van der Waals surface area (Å²) >= 11 is 6.29. The highest BCUT2D eigenvalue weighted by Gasteiger charge is 2.42. The van der Waals surface area contributed by atoms with Gasteiger partial charge in [-0.15, -0.1) is 0 Å². The van der Waals surface area contributed by atoms with E-state index in [1.165, 1.54) is 0 Å². The van der Waals surface area contributed by atoms with Crippen LogP contribution in [0, 0.1) is 13.8 Å². The number of amides is 1. The van der Waals surface area contributed by atoms with Gasteiger partial charge >= 0.3 is 0 Å². The number of benzene rings is 2. The van der Waals surface area contributed by atoms with E-state index in [2.05, 4.69) is 18.7 Å². The van der Waals surface area contributed by atoms with Crippen LogP contribution in [0.1, 0.15) is 52.7 Å². The van der Waals surface area contributed by atoms with Gasteiger partial charge in [0, 0.05) is 18.1 Å². The van der Waals surface area contributed by atoms with Crippen molar-refractivity contribution in [1.29, 1.82) is 0 Å². The van der Waals surface area contributed by atoms with E-state index in [1.54, 1.807) is 17.0 Å². The second-order valence-electron chi connectivity index (χ2n) is 8.11. The monoisotopic (exact) mass is 438 g/mol. The van der Waals surface area contributed by atoms with E-state index in [0.717, 1.165) is 36.3 Å². The summed E-state index contributed by atoms with van der Waals surface area (Å²) in [4.78, 5) is 31.0. The van der Waals surface area contributed by atoms with Crippen molar-refractivity contribution in [2.24, 2.45) is 0 Å². The van der Waals surface area contributed by atoms with E-state index in [-0.39, 0.29) is 17.1 Å². The molecule has 0 bridgehead atoms. The molecule has 6 heteroatoms. The lowest BCUT2D eigenvalue weighted by molar-refractivity contribution is 0.0708. The van der Waals surface area contributed by atoms with Crippen LogP contribution in [0.4, 0.5) is 0 Å². The van der Waals surface area contributed by atoms with Crippen molar-refractivity contribution in [2.75, 3.05) is 26.2 Å². The molecule has 0 spiro atoms. The van der Waals surface area contributed by atoms with E-state index in [9.17, 15) is 9.59 Å². The van der Waals surface area contributed by atoms with Crippen molar-refractivity contribution < 1.29 is 9.21 Å². The lowest BCUT2D eigenvalue weighted by Crippen LogP contribution is -2.37. The number of halogens is 1. The Hall–Kier alpha value is -2.63. The van der Waals surface area contributed by atoms with Crippen molar-refractivity contribution in [2.45, 2.75) is 33.7 Å². The molecule has 1 aliphatic heterocycles. The fourth-order valence-electron chi connectivity index (χ4n) is 4.26. The van der Waals surface area contributed by atoms with E-state index in [1.807, 2.05) is 38.1 Å². The SMILES string of the molecule is CCN(CC)CCN1C(=O)c2oc3cc(C)c(Cl)cc3c(=O)c2[C@H]1c1ccc(C)cc1. The van der Waals surface area contributed by atoms with Crippen molar-refractivity contribution in [1.82, 2.24) is 9.80 Å². The molecule has 0 radical (unpaired) electrons. The number of aryl methyl sites for hydroxylation is 2. The van der Waals surface area contributed by atoms with Crippen LogP contribution in [0.5, 0.6) is 0 Å². The van der Waals surface area contributed by atoms with Crippen LogP contribution in [0.25, 0.3) is 11.0 Å². The Kier molecular flexibility index (Phi) is 5.91. The Balaban J connectivity index is 1.89. The number of hydrogen-bond donors (Lipinski definition) is 0. The summed E-state index contributed by atoms with van der Waals surface area (Å²) in [5.74, 6) is -0.0938. The highest BCUT2D eigenvalue weighted by Crippen LogP contribution is 2.38. The van der Waals surface area contributed by atoms with Gasteiger partial charge in [-0.2, -0.15) is 0 Å². The average molecular weight is 439 g/mol. The van der Waals surface area contributed by atoms with Crippen LogP contribution >= 0.6 is 11.6 Å². The van der Waals surface area contributed by atoms with Gasteiger partial charge in [-0.05, 0) is 50.2 Å². The van der Waals surface area contributed by atoms with Crippen molar-refractivity contribution in [3.8, 4) is 0 Å². The zero-order valence-electron chi connectivity index (χ0n) is 18.4. The van der Waals surface area contributed by atoms with Gasteiger partial charge in [0.15, 0.2) is 5.43 Å². The Morgan fingerprint density at radius 3 is 2.39 bits per heavy atom. The molecule has 1 aromatic heterocycles. The summed E-state index contributed by atoms with van der Waals surface area (Å²) < 4.78 is 6.03. The highest BCUT2D eigenvalue weighted by molar-refractivity contribution is 6.32. The molecule has 0 aliphatic carbocycles. The van der Waals surface area contributed by atoms with E-state index >= 15 is 0 Å². The van der Waals surface area contributed by atoms with Crippen LogP contribution in [0.2, 0.25) is 5.02 Å². The first-order valence-electron chi connectivity index (χ1n) is 10.7. The van der Waals surface area contributed by atoms with Crippen molar-refractivity contribution in [3.63, 3.8) is 0 Å². The maximum absolute atomic E-state index is 13.6. The molecule has 0 N–H and O–H groups in total. The van der Waals surface area contributed by atoms with E-state index in [0.29, 0.717) is 28.1 Å². The van der Waals surface area contributed by atoms with Crippen LogP contribution in [0.3, 0.4) is 0 Å². The number of nitrogens with zero attached hydrogens (tertiary/aromatic N) is 2. The molecule has 3 aromatic rings. The number of likely N-dealkylation sites (N-methyl/N-ethyl adjacent to an activating group) is 1. The van der Waals surface area contributed by atoms with Gasteiger partial charge in [0.05, 0.1) is 17.0 Å². The van der Waals surface area contributed by atoms with Crippen molar-refractivity contribution >= 4 is 28.5 Å². The van der Waals surface area contributed by atoms with Crippen LogP contribution < -0.4 is 5.43 Å². The molecule has 31 heavy (non-hydrogen) atoms. The maximum Gasteiger partial charge on any atom is 0.290 e.